The van der Waals surface area contributed by atoms with Crippen molar-refractivity contribution in [1.29, 1.82) is 5.41 Å². The van der Waals surface area contributed by atoms with Crippen LogP contribution in [-0.2, 0) is 17.9 Å². The first-order valence-electron chi connectivity index (χ1n) is 14.5. The van der Waals surface area contributed by atoms with Gasteiger partial charge in [0, 0.05) is 47.9 Å². The van der Waals surface area contributed by atoms with Gasteiger partial charge in [0.15, 0.2) is 0 Å². The fourth-order valence-electron chi connectivity index (χ4n) is 5.40. The predicted molar refractivity (Wildman–Crippen MR) is 166 cm³/mol. The summed E-state index contributed by atoms with van der Waals surface area (Å²) in [5, 5.41) is 14.7. The van der Waals surface area contributed by atoms with Crippen LogP contribution in [0.2, 0.25) is 0 Å². The first kappa shape index (κ1) is 30.2. The summed E-state index contributed by atoms with van der Waals surface area (Å²) in [5.74, 6) is -0.318. The number of aryl methyl sites for hydroxylation is 2. The number of hydrogen-bond donors (Lipinski definition) is 4. The number of rotatable bonds is 13. The number of anilines is 1. The molecule has 0 atom stereocenters. The third kappa shape index (κ3) is 8.15. The second-order valence-corrected chi connectivity index (χ2v) is 11.3. The van der Waals surface area contributed by atoms with Gasteiger partial charge >= 0.3 is 0 Å². The minimum absolute atomic E-state index is 0.108. The number of carbonyl (C=O) groups excluding carboxylic acids is 1. The Labute approximate surface area is 243 Å². The van der Waals surface area contributed by atoms with Crippen LogP contribution in [0.4, 0.5) is 5.69 Å². The molecule has 1 fully saturated rings. The van der Waals surface area contributed by atoms with Crippen LogP contribution in [0.3, 0.4) is 0 Å². The second kappa shape index (κ2) is 14.2. The van der Waals surface area contributed by atoms with E-state index < -0.39 is 0 Å². The number of benzene rings is 2. The van der Waals surface area contributed by atoms with Crippen LogP contribution in [0.25, 0.3) is 11.1 Å². The quantitative estimate of drug-likeness (QED) is 0.166. The van der Waals surface area contributed by atoms with Gasteiger partial charge in [-0.3, -0.25) is 9.59 Å². The molecule has 0 saturated heterocycles. The fraction of sp³-hybridized carbons (Fsp3) is 0.424. The molecule has 1 aromatic heterocycles. The van der Waals surface area contributed by atoms with Crippen LogP contribution < -0.4 is 16.2 Å². The summed E-state index contributed by atoms with van der Waals surface area (Å²) in [4.78, 5) is 31.0. The Bertz CT molecular complexity index is 1410. The first-order chi connectivity index (χ1) is 19.7. The Morgan fingerprint density at radius 1 is 1.10 bits per heavy atom. The molecule has 4 N–H and O–H groups in total. The van der Waals surface area contributed by atoms with E-state index in [1.54, 1.807) is 0 Å². The molecule has 8 heteroatoms. The number of aromatic amines is 1. The lowest BCUT2D eigenvalue weighted by Crippen LogP contribution is -2.29. The van der Waals surface area contributed by atoms with Crippen molar-refractivity contribution < 1.29 is 9.53 Å². The van der Waals surface area contributed by atoms with E-state index in [1.807, 2.05) is 44.2 Å². The van der Waals surface area contributed by atoms with E-state index in [0.29, 0.717) is 35.9 Å². The number of carbonyl (C=O) groups is 1. The molecule has 2 aromatic carbocycles. The lowest BCUT2D eigenvalue weighted by Gasteiger charge is -2.20. The van der Waals surface area contributed by atoms with Gasteiger partial charge in [0.2, 0.25) is 0 Å². The number of pyridine rings is 1. The van der Waals surface area contributed by atoms with Crippen LogP contribution in [-0.4, -0.2) is 55.3 Å². The number of hydrogen-bond acceptors (Lipinski definition) is 6. The predicted octanol–water partition coefficient (Wildman–Crippen LogP) is 5.41. The van der Waals surface area contributed by atoms with E-state index in [9.17, 15) is 9.59 Å². The summed E-state index contributed by atoms with van der Waals surface area (Å²) >= 11 is 0. The van der Waals surface area contributed by atoms with Crippen molar-refractivity contribution >= 4 is 17.8 Å². The molecule has 218 valence electrons. The average Bonchev–Trinajstić information content (AvgIpc) is 3.45. The summed E-state index contributed by atoms with van der Waals surface area (Å²) in [7, 11) is 4.12. The van der Waals surface area contributed by atoms with Crippen LogP contribution in [0.1, 0.15) is 70.4 Å². The Morgan fingerprint density at radius 2 is 1.83 bits per heavy atom. The highest BCUT2D eigenvalue weighted by molar-refractivity contribution is 6.06. The van der Waals surface area contributed by atoms with Crippen LogP contribution in [0.5, 0.6) is 0 Å². The van der Waals surface area contributed by atoms with Gasteiger partial charge in [-0.25, -0.2) is 0 Å². The maximum Gasteiger partial charge on any atom is 0.253 e. The summed E-state index contributed by atoms with van der Waals surface area (Å²) in [6, 6.07) is 14.3. The van der Waals surface area contributed by atoms with E-state index in [0.717, 1.165) is 59.4 Å². The highest BCUT2D eigenvalue weighted by Gasteiger charge is 2.21. The highest BCUT2D eigenvalue weighted by atomic mass is 16.5. The molecule has 1 aliphatic rings. The molecular weight excluding hydrogens is 514 g/mol. The van der Waals surface area contributed by atoms with Crippen LogP contribution in [0.15, 0.2) is 47.3 Å². The zero-order valence-corrected chi connectivity index (χ0v) is 24.7. The van der Waals surface area contributed by atoms with Crippen molar-refractivity contribution in [1.82, 2.24) is 15.2 Å². The van der Waals surface area contributed by atoms with Crippen molar-refractivity contribution in [2.75, 3.05) is 32.6 Å². The maximum absolute atomic E-state index is 13.6. The summed E-state index contributed by atoms with van der Waals surface area (Å²) in [6.45, 7) is 6.09. The van der Waals surface area contributed by atoms with Crippen molar-refractivity contribution in [3.63, 3.8) is 0 Å². The van der Waals surface area contributed by atoms with E-state index in [-0.39, 0.29) is 18.0 Å². The Hall–Kier alpha value is -3.75. The van der Waals surface area contributed by atoms with Gasteiger partial charge in [0.05, 0.1) is 12.2 Å². The van der Waals surface area contributed by atoms with Gasteiger partial charge in [0.1, 0.15) is 0 Å². The zero-order valence-electron chi connectivity index (χ0n) is 24.7. The molecule has 0 unspecified atom stereocenters. The van der Waals surface area contributed by atoms with E-state index in [2.05, 4.69) is 46.7 Å². The first-order valence-corrected chi connectivity index (χ1v) is 14.5. The molecule has 0 spiro atoms. The molecule has 1 amide bonds. The molecule has 1 aliphatic carbocycles. The topological polar surface area (TPSA) is 110 Å². The van der Waals surface area contributed by atoms with Gasteiger partial charge in [-0.15, -0.1) is 0 Å². The van der Waals surface area contributed by atoms with E-state index in [1.165, 1.54) is 19.1 Å². The normalized spacial score (nSPS) is 13.5. The smallest absolute Gasteiger partial charge is 0.253 e. The maximum atomic E-state index is 13.6. The van der Waals surface area contributed by atoms with Crippen LogP contribution in [0, 0.1) is 19.3 Å². The monoisotopic (exact) mass is 557 g/mol. The lowest BCUT2D eigenvalue weighted by atomic mass is 9.96. The second-order valence-electron chi connectivity index (χ2n) is 11.3. The van der Waals surface area contributed by atoms with Gasteiger partial charge < -0.3 is 30.7 Å². The van der Waals surface area contributed by atoms with Gasteiger partial charge in [-0.1, -0.05) is 37.1 Å². The molecule has 0 aliphatic heterocycles. The number of aromatic nitrogens is 1. The average molecular weight is 558 g/mol. The summed E-state index contributed by atoms with van der Waals surface area (Å²) in [5.41, 5.74) is 6.65. The molecule has 4 rings (SSSR count). The number of amides is 1. The number of nitrogens with one attached hydrogen (secondary N) is 4. The Morgan fingerprint density at radius 3 is 2.49 bits per heavy atom. The summed E-state index contributed by atoms with van der Waals surface area (Å²) < 4.78 is 5.84. The number of H-pyrrole nitrogens is 1. The molecule has 0 radical (unpaired) electrons. The fourth-order valence-corrected chi connectivity index (χ4v) is 5.40. The van der Waals surface area contributed by atoms with Gasteiger partial charge in [-0.05, 0) is 94.2 Å². The molecule has 41 heavy (non-hydrogen) atoms. The zero-order chi connectivity index (χ0) is 29.4. The SMILES string of the molecule is Cc1cc(C)c(CNC(=O)c2cc(-c3ccc(COCCCN(C)C)cc3)cc(NC3CCCC3)c2C=N)c(=O)[nH]1. The number of ether oxygens (including phenoxy) is 1. The van der Waals surface area contributed by atoms with Crippen LogP contribution >= 0.6 is 0 Å². The van der Waals surface area contributed by atoms with Crippen molar-refractivity contribution in [2.45, 2.75) is 65.1 Å². The molecule has 3 aromatic rings. The number of nitrogens with zero attached hydrogens (tertiary/aromatic N) is 1. The molecule has 1 heterocycles. The molecule has 8 nitrogen and oxygen atoms in total. The molecular formula is C33H43N5O3. The van der Waals surface area contributed by atoms with Gasteiger partial charge in [-0.2, -0.15) is 0 Å². The Kier molecular flexibility index (Phi) is 10.5. The highest BCUT2D eigenvalue weighted by Crippen LogP contribution is 2.31. The standard InChI is InChI=1S/C33H43N5O3/c1-22-16-23(2)36-33(40)30(22)20-35-32(39)28-17-26(18-31(29(28)19-34)37-27-8-5-6-9-27)25-12-10-24(11-13-25)21-41-15-7-14-38(3)4/h10-13,16-19,27,34,37H,5-9,14-15,20-21H2,1-4H3,(H,35,39)(H,36,40). The third-order valence-corrected chi connectivity index (χ3v) is 7.65. The van der Waals surface area contributed by atoms with E-state index >= 15 is 0 Å². The minimum Gasteiger partial charge on any atom is -0.382 e. The lowest BCUT2D eigenvalue weighted by molar-refractivity contribution is 0.0950. The molecule has 0 bridgehead atoms. The van der Waals surface area contributed by atoms with Crippen molar-refractivity contribution in [3.05, 3.63) is 86.3 Å². The third-order valence-electron chi connectivity index (χ3n) is 7.65. The largest absolute Gasteiger partial charge is 0.382 e. The van der Waals surface area contributed by atoms with Gasteiger partial charge in [0.25, 0.3) is 11.5 Å². The summed E-state index contributed by atoms with van der Waals surface area (Å²) in [6.07, 6.45) is 6.73. The molecule has 1 saturated carbocycles. The van der Waals surface area contributed by atoms with Crippen molar-refractivity contribution in [3.8, 4) is 11.1 Å². The minimum atomic E-state index is -0.318. The Balaban J connectivity index is 1.58. The van der Waals surface area contributed by atoms with Crippen molar-refractivity contribution in [2.24, 2.45) is 0 Å². The van der Waals surface area contributed by atoms with E-state index in [4.69, 9.17) is 10.1 Å².